The maximum atomic E-state index is 12.8. The predicted molar refractivity (Wildman–Crippen MR) is 97.7 cm³/mol. The number of aryl methyl sites for hydroxylation is 1. The summed E-state index contributed by atoms with van der Waals surface area (Å²) in [6, 6.07) is 4.95. The average molecular weight is 389 g/mol. The molecule has 0 bridgehead atoms. The Morgan fingerprint density at radius 2 is 2.11 bits per heavy atom. The zero-order valence-electron chi connectivity index (χ0n) is 15.4. The van der Waals surface area contributed by atoms with E-state index in [1.807, 2.05) is 12.1 Å². The van der Waals surface area contributed by atoms with Gasteiger partial charge in [-0.1, -0.05) is 12.1 Å². The van der Waals surface area contributed by atoms with Crippen molar-refractivity contribution in [3.8, 4) is 0 Å². The van der Waals surface area contributed by atoms with Crippen molar-refractivity contribution in [3.05, 3.63) is 34.9 Å². The highest BCUT2D eigenvalue weighted by Crippen LogP contribution is 2.30. The predicted octanol–water partition coefficient (Wildman–Crippen LogP) is 0.664. The molecular weight excluding hydrogens is 366 g/mol. The Kier molecular flexibility index (Phi) is 6.25. The van der Waals surface area contributed by atoms with Gasteiger partial charge in [0, 0.05) is 31.7 Å². The first-order valence-electron chi connectivity index (χ1n) is 9.27. The summed E-state index contributed by atoms with van der Waals surface area (Å²) in [5, 5.41) is 13.0. The van der Waals surface area contributed by atoms with Crippen molar-refractivity contribution in [3.63, 3.8) is 0 Å². The number of piperidine rings is 1. The van der Waals surface area contributed by atoms with E-state index in [0.717, 1.165) is 17.5 Å². The third-order valence-corrected chi connectivity index (χ3v) is 4.94. The second kappa shape index (κ2) is 8.83. The van der Waals surface area contributed by atoms with Crippen LogP contribution in [0.2, 0.25) is 0 Å². The maximum absolute atomic E-state index is 12.8. The third kappa shape index (κ3) is 4.48. The van der Waals surface area contributed by atoms with Crippen molar-refractivity contribution in [1.29, 1.82) is 0 Å². The van der Waals surface area contributed by atoms with Gasteiger partial charge in [0.2, 0.25) is 11.8 Å². The van der Waals surface area contributed by atoms with E-state index in [1.54, 1.807) is 11.0 Å². The average Bonchev–Trinajstić information content (AvgIpc) is 2.98. The van der Waals surface area contributed by atoms with E-state index < -0.39 is 18.0 Å². The molecule has 2 aliphatic rings. The van der Waals surface area contributed by atoms with Gasteiger partial charge in [-0.05, 0) is 36.5 Å². The van der Waals surface area contributed by atoms with Crippen molar-refractivity contribution in [2.45, 2.75) is 38.3 Å². The molecule has 150 valence electrons. The third-order valence-electron chi connectivity index (χ3n) is 4.94. The summed E-state index contributed by atoms with van der Waals surface area (Å²) in [6.45, 7) is 1.39. The number of carboxylic acid groups (broad SMARTS) is 1. The van der Waals surface area contributed by atoms with Gasteiger partial charge in [0.1, 0.15) is 6.04 Å². The summed E-state index contributed by atoms with van der Waals surface area (Å²) < 4.78 is 5.40. The molecule has 0 spiro atoms. The second-order valence-electron chi connectivity index (χ2n) is 6.79. The lowest BCUT2D eigenvalue weighted by molar-refractivity contribution is -0.136. The number of rotatable bonds is 8. The first kappa shape index (κ1) is 19.8. The molecule has 4 amide bonds. The highest BCUT2D eigenvalue weighted by molar-refractivity contribution is 6.05. The number of carbonyl (C=O) groups excluding carboxylic acids is 3. The van der Waals surface area contributed by atoms with Crippen LogP contribution in [0.25, 0.3) is 0 Å². The first-order valence-corrected chi connectivity index (χ1v) is 9.27. The van der Waals surface area contributed by atoms with E-state index in [2.05, 4.69) is 10.6 Å². The molecule has 0 aliphatic carbocycles. The van der Waals surface area contributed by atoms with Crippen molar-refractivity contribution in [1.82, 2.24) is 15.5 Å². The Hall–Kier alpha value is -2.94. The lowest BCUT2D eigenvalue weighted by atomic mass is 10.00. The van der Waals surface area contributed by atoms with Crippen LogP contribution in [0.1, 0.15) is 40.7 Å². The second-order valence-corrected chi connectivity index (χ2v) is 6.79. The van der Waals surface area contributed by atoms with Gasteiger partial charge in [-0.2, -0.15) is 0 Å². The molecule has 1 aromatic carbocycles. The topological polar surface area (TPSA) is 125 Å². The van der Waals surface area contributed by atoms with Gasteiger partial charge in [-0.25, -0.2) is 4.79 Å². The minimum Gasteiger partial charge on any atom is -0.465 e. The minimum atomic E-state index is -1.08. The van der Waals surface area contributed by atoms with Crippen LogP contribution in [0.4, 0.5) is 4.79 Å². The molecule has 1 saturated heterocycles. The molecule has 2 heterocycles. The number of carbonyl (C=O) groups is 4. The summed E-state index contributed by atoms with van der Waals surface area (Å²) in [4.78, 5) is 48.1. The molecule has 0 radical (unpaired) electrons. The minimum absolute atomic E-state index is 0.178. The fourth-order valence-electron chi connectivity index (χ4n) is 3.58. The molecule has 3 rings (SSSR count). The standard InChI is InChI=1S/C19H23N3O6/c23-16-7-6-15(17(24)21-16)22-11-14-12(3-1-5-13(14)18(22)25)4-2-9-28-10-8-20-19(26)27/h1,3,5,15,20H,2,4,6-11H2,(H,26,27)(H,21,23,24). The molecule has 0 saturated carbocycles. The van der Waals surface area contributed by atoms with Gasteiger partial charge >= 0.3 is 6.09 Å². The Labute approximate surface area is 162 Å². The van der Waals surface area contributed by atoms with Crippen LogP contribution in [-0.4, -0.2) is 59.6 Å². The van der Waals surface area contributed by atoms with E-state index in [-0.39, 0.29) is 24.8 Å². The molecule has 28 heavy (non-hydrogen) atoms. The van der Waals surface area contributed by atoms with Crippen molar-refractivity contribution < 1.29 is 29.0 Å². The number of nitrogens with zero attached hydrogens (tertiary/aromatic N) is 1. The normalized spacial score (nSPS) is 18.8. The lowest BCUT2D eigenvalue weighted by Crippen LogP contribution is -2.52. The van der Waals surface area contributed by atoms with Gasteiger partial charge < -0.3 is 20.1 Å². The molecule has 1 fully saturated rings. The smallest absolute Gasteiger partial charge is 0.404 e. The van der Waals surface area contributed by atoms with Gasteiger partial charge in [0.15, 0.2) is 0 Å². The van der Waals surface area contributed by atoms with Gasteiger partial charge in [-0.3, -0.25) is 19.7 Å². The van der Waals surface area contributed by atoms with Crippen LogP contribution < -0.4 is 10.6 Å². The number of hydrogen-bond donors (Lipinski definition) is 3. The molecule has 1 atom stereocenters. The quantitative estimate of drug-likeness (QED) is 0.443. The van der Waals surface area contributed by atoms with E-state index >= 15 is 0 Å². The Balaban J connectivity index is 1.56. The van der Waals surface area contributed by atoms with Gasteiger partial charge in [0.25, 0.3) is 5.91 Å². The maximum Gasteiger partial charge on any atom is 0.404 e. The molecule has 9 nitrogen and oxygen atoms in total. The van der Waals surface area contributed by atoms with Crippen LogP contribution >= 0.6 is 0 Å². The fourth-order valence-corrected chi connectivity index (χ4v) is 3.58. The highest BCUT2D eigenvalue weighted by Gasteiger charge is 2.39. The number of imide groups is 1. The van der Waals surface area contributed by atoms with E-state index in [0.29, 0.717) is 38.2 Å². The summed E-state index contributed by atoms with van der Waals surface area (Å²) >= 11 is 0. The molecule has 9 heteroatoms. The lowest BCUT2D eigenvalue weighted by Gasteiger charge is -2.29. The van der Waals surface area contributed by atoms with Crippen LogP contribution in [0, 0.1) is 0 Å². The number of ether oxygens (including phenoxy) is 1. The number of amides is 4. The van der Waals surface area contributed by atoms with Crippen molar-refractivity contribution >= 4 is 23.8 Å². The molecule has 1 unspecified atom stereocenters. The molecule has 3 N–H and O–H groups in total. The number of fused-ring (bicyclic) bond motifs is 1. The fraction of sp³-hybridized carbons (Fsp3) is 0.474. The van der Waals surface area contributed by atoms with Crippen molar-refractivity contribution in [2.75, 3.05) is 19.8 Å². The zero-order chi connectivity index (χ0) is 20.1. The molecule has 1 aromatic rings. The number of benzene rings is 1. The number of nitrogens with one attached hydrogen (secondary N) is 2. The zero-order valence-corrected chi connectivity index (χ0v) is 15.4. The molecule has 2 aliphatic heterocycles. The monoisotopic (exact) mass is 389 g/mol. The van der Waals surface area contributed by atoms with Crippen LogP contribution in [0.3, 0.4) is 0 Å². The molecule has 0 aromatic heterocycles. The highest BCUT2D eigenvalue weighted by atomic mass is 16.5. The van der Waals surface area contributed by atoms with E-state index in [4.69, 9.17) is 9.84 Å². The Morgan fingerprint density at radius 1 is 1.29 bits per heavy atom. The SMILES string of the molecule is O=C(O)NCCOCCCc1cccc2c1CN(C1CCC(=O)NC1=O)C2=O. The summed E-state index contributed by atoms with van der Waals surface area (Å²) in [5.74, 6) is -0.894. The summed E-state index contributed by atoms with van der Waals surface area (Å²) in [7, 11) is 0. The van der Waals surface area contributed by atoms with Crippen LogP contribution in [-0.2, 0) is 27.3 Å². The van der Waals surface area contributed by atoms with Gasteiger partial charge in [-0.15, -0.1) is 0 Å². The summed E-state index contributed by atoms with van der Waals surface area (Å²) in [6.07, 6.45) is 0.950. The molecular formula is C19H23N3O6. The van der Waals surface area contributed by atoms with Crippen molar-refractivity contribution in [2.24, 2.45) is 0 Å². The Bertz CT molecular complexity index is 794. The first-order chi connectivity index (χ1) is 13.5. The Morgan fingerprint density at radius 3 is 2.86 bits per heavy atom. The number of hydrogen-bond acceptors (Lipinski definition) is 5. The largest absolute Gasteiger partial charge is 0.465 e. The van der Waals surface area contributed by atoms with Crippen LogP contribution in [0.5, 0.6) is 0 Å². The van der Waals surface area contributed by atoms with E-state index in [9.17, 15) is 19.2 Å². The van der Waals surface area contributed by atoms with E-state index in [1.165, 1.54) is 0 Å². The summed E-state index contributed by atoms with van der Waals surface area (Å²) in [5.41, 5.74) is 2.56. The van der Waals surface area contributed by atoms with Crippen LogP contribution in [0.15, 0.2) is 18.2 Å². The van der Waals surface area contributed by atoms with Gasteiger partial charge in [0.05, 0.1) is 6.61 Å².